The van der Waals surface area contributed by atoms with Gasteiger partial charge >= 0.3 is 11.9 Å². The molecule has 0 spiro atoms. The third kappa shape index (κ3) is 5.05. The first-order valence-corrected chi connectivity index (χ1v) is 19.8. The van der Waals surface area contributed by atoms with Crippen molar-refractivity contribution in [2.24, 2.45) is 56.2 Å². The molecule has 2 heterocycles. The molecule has 5 aliphatic carbocycles. The SMILES string of the molecule is CC(=O)O[C@@H]1CC[C@]2(C)[C@H](CC[C@]3(C)[C@@H]2C(=O)C=C2[C@@H]4C[C@](C)(C(=O)OC[C@@H]5CCCN6CCCC[C@H]56)CC[C@]4(C)CC[C@@]23C)C1(C)C. The molecule has 0 unspecified atom stereocenters. The fraction of sp³-hybridized carbons (Fsp3) is 0.881. The lowest BCUT2D eigenvalue weighted by atomic mass is 9.33. The first kappa shape index (κ1) is 34.7. The first-order valence-electron chi connectivity index (χ1n) is 19.8. The standard InChI is InChI=1S/C42H65NO5/c1-27(44)48-34-15-16-40(6)33(37(34,2)3)14-17-42(8)35(40)32(45)24-29-30-25-39(5,19-18-38(30,4)20-21-41(29,42)7)36(46)47-26-28-12-11-23-43-22-10-9-13-31(28)43/h24,28,30-31,33-35H,9-23,25-26H2,1-8H3/t28-,30-,31+,33+,34+,35+,38+,39+,40+,41-,42+/m0/s1. The second kappa shape index (κ2) is 11.7. The van der Waals surface area contributed by atoms with Gasteiger partial charge in [0, 0.05) is 30.2 Å². The smallest absolute Gasteiger partial charge is 0.311 e. The molecule has 6 fully saturated rings. The number of allylic oxidation sites excluding steroid dienone is 2. The van der Waals surface area contributed by atoms with E-state index < -0.39 is 5.41 Å². The van der Waals surface area contributed by atoms with Crippen LogP contribution >= 0.6 is 0 Å². The zero-order valence-electron chi connectivity index (χ0n) is 31.6. The lowest BCUT2D eigenvalue weighted by Gasteiger charge is -2.70. The van der Waals surface area contributed by atoms with Gasteiger partial charge in [-0.15, -0.1) is 0 Å². The molecule has 6 heteroatoms. The normalized spacial score (nSPS) is 48.4. The molecule has 11 atom stereocenters. The zero-order chi connectivity index (χ0) is 34.5. The van der Waals surface area contributed by atoms with Crippen molar-refractivity contribution in [1.29, 1.82) is 0 Å². The van der Waals surface area contributed by atoms with Gasteiger partial charge in [-0.2, -0.15) is 0 Å². The number of ketones is 1. The van der Waals surface area contributed by atoms with Crippen LogP contribution < -0.4 is 0 Å². The van der Waals surface area contributed by atoms with Crippen LogP contribution in [0.15, 0.2) is 11.6 Å². The third-order valence-electron chi connectivity index (χ3n) is 17.0. The van der Waals surface area contributed by atoms with Crippen molar-refractivity contribution in [3.8, 4) is 0 Å². The second-order valence-corrected chi connectivity index (χ2v) is 19.8. The Morgan fingerprint density at radius 2 is 1.58 bits per heavy atom. The third-order valence-corrected chi connectivity index (χ3v) is 17.0. The van der Waals surface area contributed by atoms with Gasteiger partial charge in [-0.1, -0.05) is 53.5 Å². The summed E-state index contributed by atoms with van der Waals surface area (Å²) in [7, 11) is 0. The van der Waals surface area contributed by atoms with Crippen LogP contribution in [-0.2, 0) is 23.9 Å². The van der Waals surface area contributed by atoms with Crippen molar-refractivity contribution in [1.82, 2.24) is 4.90 Å². The molecule has 0 radical (unpaired) electrons. The molecule has 0 aromatic heterocycles. The number of piperidine rings is 2. The van der Waals surface area contributed by atoms with Crippen LogP contribution in [0.25, 0.3) is 0 Å². The van der Waals surface area contributed by atoms with Crippen LogP contribution in [0.2, 0.25) is 0 Å². The molecule has 48 heavy (non-hydrogen) atoms. The number of carbonyl (C=O) groups excluding carboxylic acids is 3. The molecule has 6 nitrogen and oxygen atoms in total. The number of rotatable bonds is 4. The molecule has 0 aromatic rings. The number of nitrogens with zero attached hydrogens (tertiary/aromatic N) is 1. The molecule has 0 amide bonds. The van der Waals surface area contributed by atoms with E-state index in [1.807, 2.05) is 0 Å². The van der Waals surface area contributed by atoms with Crippen LogP contribution in [0.3, 0.4) is 0 Å². The summed E-state index contributed by atoms with van der Waals surface area (Å²) in [6, 6.07) is 0.577. The van der Waals surface area contributed by atoms with Crippen molar-refractivity contribution in [2.45, 2.75) is 157 Å². The minimum atomic E-state index is -0.520. The number of ether oxygens (including phenoxy) is 2. The summed E-state index contributed by atoms with van der Waals surface area (Å²) in [5.74, 6) is 1.05. The maximum atomic E-state index is 14.8. The van der Waals surface area contributed by atoms with E-state index in [-0.39, 0.29) is 57.0 Å². The average Bonchev–Trinajstić information content (AvgIpc) is 3.03. The highest BCUT2D eigenvalue weighted by molar-refractivity contribution is 5.95. The molecule has 2 aliphatic heterocycles. The van der Waals surface area contributed by atoms with E-state index >= 15 is 0 Å². The molecule has 2 saturated heterocycles. The minimum absolute atomic E-state index is 0.00336. The molecular weight excluding hydrogens is 598 g/mol. The van der Waals surface area contributed by atoms with Crippen LogP contribution in [0.1, 0.15) is 145 Å². The largest absolute Gasteiger partial charge is 0.465 e. The van der Waals surface area contributed by atoms with Gasteiger partial charge in [0.15, 0.2) is 5.78 Å². The number of carbonyl (C=O) groups is 3. The highest BCUT2D eigenvalue weighted by Crippen LogP contribution is 2.75. The van der Waals surface area contributed by atoms with Gasteiger partial charge in [0.1, 0.15) is 6.10 Å². The summed E-state index contributed by atoms with van der Waals surface area (Å²) in [6.07, 6.45) is 16.9. The second-order valence-electron chi connectivity index (χ2n) is 19.8. The topological polar surface area (TPSA) is 72.9 Å². The lowest BCUT2D eigenvalue weighted by Crippen LogP contribution is -2.66. The molecule has 0 aromatic carbocycles. The molecular formula is C42H65NO5. The first-order chi connectivity index (χ1) is 22.5. The average molecular weight is 664 g/mol. The number of fused-ring (bicyclic) bond motifs is 8. The van der Waals surface area contributed by atoms with Crippen molar-refractivity contribution in [3.05, 3.63) is 11.6 Å². The highest BCUT2D eigenvalue weighted by Gasteiger charge is 2.70. The summed E-state index contributed by atoms with van der Waals surface area (Å²) >= 11 is 0. The van der Waals surface area contributed by atoms with E-state index in [9.17, 15) is 14.4 Å². The fourth-order valence-corrected chi connectivity index (χ4v) is 13.9. The maximum Gasteiger partial charge on any atom is 0.311 e. The summed E-state index contributed by atoms with van der Waals surface area (Å²) in [5, 5.41) is 0. The Balaban J connectivity index is 1.15. The molecule has 0 bridgehead atoms. The minimum Gasteiger partial charge on any atom is -0.465 e. The quantitative estimate of drug-likeness (QED) is 0.280. The van der Waals surface area contributed by atoms with Gasteiger partial charge in [0.05, 0.1) is 12.0 Å². The summed E-state index contributed by atoms with van der Waals surface area (Å²) in [4.78, 5) is 43.6. The highest BCUT2D eigenvalue weighted by atomic mass is 16.5. The maximum absolute atomic E-state index is 14.8. The van der Waals surface area contributed by atoms with E-state index in [1.165, 1.54) is 57.7 Å². The summed E-state index contributed by atoms with van der Waals surface area (Å²) in [5.41, 5.74) is 0.364. The van der Waals surface area contributed by atoms with E-state index in [0.29, 0.717) is 30.3 Å². The van der Waals surface area contributed by atoms with E-state index in [0.717, 1.165) is 57.8 Å². The number of hydrogen-bond acceptors (Lipinski definition) is 6. The summed E-state index contributed by atoms with van der Waals surface area (Å²) in [6.45, 7) is 21.0. The van der Waals surface area contributed by atoms with Gasteiger partial charge in [0.2, 0.25) is 0 Å². The van der Waals surface area contributed by atoms with Crippen molar-refractivity contribution < 1.29 is 23.9 Å². The predicted molar refractivity (Wildman–Crippen MR) is 188 cm³/mol. The van der Waals surface area contributed by atoms with Crippen molar-refractivity contribution in [3.63, 3.8) is 0 Å². The Labute approximate surface area is 290 Å². The van der Waals surface area contributed by atoms with Crippen LogP contribution in [0.5, 0.6) is 0 Å². The van der Waals surface area contributed by atoms with Gasteiger partial charge in [0.25, 0.3) is 0 Å². The molecule has 7 rings (SSSR count). The van der Waals surface area contributed by atoms with Gasteiger partial charge in [-0.25, -0.2) is 0 Å². The lowest BCUT2D eigenvalue weighted by molar-refractivity contribution is -0.210. The Hall–Kier alpha value is -1.69. The Morgan fingerprint density at radius 1 is 0.854 bits per heavy atom. The van der Waals surface area contributed by atoms with Gasteiger partial charge < -0.3 is 9.47 Å². The fourth-order valence-electron chi connectivity index (χ4n) is 13.9. The monoisotopic (exact) mass is 663 g/mol. The Kier molecular flexibility index (Phi) is 8.45. The van der Waals surface area contributed by atoms with Crippen molar-refractivity contribution >= 4 is 17.7 Å². The summed E-state index contributed by atoms with van der Waals surface area (Å²) < 4.78 is 12.2. The molecule has 268 valence electrons. The van der Waals surface area contributed by atoms with Gasteiger partial charge in [-0.3, -0.25) is 19.3 Å². The van der Waals surface area contributed by atoms with Gasteiger partial charge in [-0.05, 0) is 143 Å². The predicted octanol–water partition coefficient (Wildman–Crippen LogP) is 8.71. The number of hydrogen-bond donors (Lipinski definition) is 0. The molecule has 7 aliphatic rings. The molecule has 4 saturated carbocycles. The van der Waals surface area contributed by atoms with Crippen LogP contribution in [-0.4, -0.2) is 54.5 Å². The van der Waals surface area contributed by atoms with E-state index in [2.05, 4.69) is 59.4 Å². The van der Waals surface area contributed by atoms with E-state index in [4.69, 9.17) is 9.47 Å². The van der Waals surface area contributed by atoms with Crippen LogP contribution in [0, 0.1) is 56.2 Å². The molecule has 0 N–H and O–H groups in total. The number of esters is 2. The van der Waals surface area contributed by atoms with E-state index in [1.54, 1.807) is 0 Å². The van der Waals surface area contributed by atoms with Crippen LogP contribution in [0.4, 0.5) is 0 Å². The Morgan fingerprint density at radius 3 is 2.33 bits per heavy atom. The van der Waals surface area contributed by atoms with Crippen molar-refractivity contribution in [2.75, 3.05) is 19.7 Å². The zero-order valence-corrected chi connectivity index (χ0v) is 31.6. The Bertz CT molecular complexity index is 1370.